The number of ether oxygens (including phenoxy) is 3. The van der Waals surface area contributed by atoms with Crippen LogP contribution in [0.5, 0.6) is 0 Å². The number of aliphatic hydroxyl groups excluding tert-OH is 1. The number of hydrogen-bond acceptors (Lipinski definition) is 8. The fourth-order valence-corrected chi connectivity index (χ4v) is 2.11. The van der Waals surface area contributed by atoms with Crippen LogP contribution >= 0.6 is 0 Å². The number of esters is 2. The molecule has 10 nitrogen and oxygen atoms in total. The molecule has 0 aliphatic heterocycles. The Morgan fingerprint density at radius 2 is 1.77 bits per heavy atom. The van der Waals surface area contributed by atoms with E-state index in [1.165, 1.54) is 7.11 Å². The lowest BCUT2D eigenvalue weighted by Crippen LogP contribution is -2.49. The first-order valence-corrected chi connectivity index (χ1v) is 9.45. The minimum Gasteiger partial charge on any atom is -0.469 e. The molecule has 0 aromatic heterocycles. The molecule has 0 heterocycles. The second-order valence-electron chi connectivity index (χ2n) is 7.33. The molecule has 0 bridgehead atoms. The van der Waals surface area contributed by atoms with Gasteiger partial charge in [-0.1, -0.05) is 30.3 Å². The summed E-state index contributed by atoms with van der Waals surface area (Å²) in [5.74, 6) is -2.44. The van der Waals surface area contributed by atoms with Gasteiger partial charge in [-0.3, -0.25) is 9.59 Å². The predicted octanol–water partition coefficient (Wildman–Crippen LogP) is 1.18. The molecular weight excluding hydrogens is 408 g/mol. The quantitative estimate of drug-likeness (QED) is 0.298. The molecule has 1 aromatic carbocycles. The molecule has 0 saturated carbocycles. The summed E-state index contributed by atoms with van der Waals surface area (Å²) in [6.45, 7) is 4.10. The molecule has 1 atom stereocenters. The van der Waals surface area contributed by atoms with Gasteiger partial charge >= 0.3 is 18.0 Å². The molecule has 0 aliphatic rings. The Kier molecular flexibility index (Phi) is 10.2. The van der Waals surface area contributed by atoms with Gasteiger partial charge in [-0.05, 0) is 32.4 Å². The van der Waals surface area contributed by atoms with Crippen LogP contribution in [-0.4, -0.2) is 54.4 Å². The Morgan fingerprint density at radius 1 is 1.13 bits per heavy atom. The van der Waals surface area contributed by atoms with Crippen LogP contribution in [-0.2, 0) is 35.2 Å². The summed E-state index contributed by atoms with van der Waals surface area (Å²) in [5.41, 5.74) is -0.453. The van der Waals surface area contributed by atoms with E-state index >= 15 is 0 Å². The van der Waals surface area contributed by atoms with Gasteiger partial charge in [0.25, 0.3) is 0 Å². The van der Waals surface area contributed by atoms with Gasteiger partial charge in [0.15, 0.2) is 0 Å². The Hall–Kier alpha value is -3.40. The summed E-state index contributed by atoms with van der Waals surface area (Å²) in [7, 11) is 1.18. The van der Waals surface area contributed by atoms with Crippen molar-refractivity contribution in [2.45, 2.75) is 45.4 Å². The number of amides is 2. The van der Waals surface area contributed by atoms with Gasteiger partial charge in [0, 0.05) is 0 Å². The van der Waals surface area contributed by atoms with Crippen molar-refractivity contribution in [1.29, 1.82) is 0 Å². The first-order chi connectivity index (χ1) is 14.6. The highest BCUT2D eigenvalue weighted by Gasteiger charge is 2.26. The number of nitrogens with one attached hydrogen (secondary N) is 2. The van der Waals surface area contributed by atoms with E-state index in [4.69, 9.17) is 9.47 Å². The van der Waals surface area contributed by atoms with Crippen LogP contribution in [0, 0.1) is 0 Å². The van der Waals surface area contributed by atoms with Crippen LogP contribution in [0.25, 0.3) is 0 Å². The normalized spacial score (nSPS) is 12.4. The molecule has 0 fully saturated rings. The van der Waals surface area contributed by atoms with Gasteiger partial charge in [-0.15, -0.1) is 0 Å². The van der Waals surface area contributed by atoms with Crippen molar-refractivity contribution in [3.63, 3.8) is 0 Å². The zero-order chi connectivity index (χ0) is 23.4. The lowest BCUT2D eigenvalue weighted by atomic mass is 10.2. The molecule has 0 radical (unpaired) electrons. The molecule has 0 unspecified atom stereocenters. The summed E-state index contributed by atoms with van der Waals surface area (Å²) >= 11 is 0. The summed E-state index contributed by atoms with van der Waals surface area (Å²) in [6.07, 6.45) is -0.114. The van der Waals surface area contributed by atoms with Gasteiger partial charge in [-0.25, -0.2) is 9.59 Å². The van der Waals surface area contributed by atoms with E-state index in [-0.39, 0.29) is 18.7 Å². The van der Waals surface area contributed by atoms with E-state index in [9.17, 15) is 24.3 Å². The monoisotopic (exact) mass is 436 g/mol. The van der Waals surface area contributed by atoms with Crippen molar-refractivity contribution < 1.29 is 38.5 Å². The summed E-state index contributed by atoms with van der Waals surface area (Å²) in [6, 6.07) is 7.46. The smallest absolute Gasteiger partial charge is 0.408 e. The van der Waals surface area contributed by atoms with E-state index in [0.29, 0.717) is 0 Å². The average Bonchev–Trinajstić information content (AvgIpc) is 2.72. The number of benzene rings is 1. The number of hydrogen-bond donors (Lipinski definition) is 3. The number of carbonyl (C=O) groups is 4. The molecule has 31 heavy (non-hydrogen) atoms. The SMILES string of the molecule is COC(=O)C/C=C(\NC(=O)[C@H](CO)NC(=O)OCc1ccccc1)C(=O)OC(C)(C)C. The Balaban J connectivity index is 2.79. The third-order valence-corrected chi connectivity index (χ3v) is 3.58. The van der Waals surface area contributed by atoms with E-state index in [0.717, 1.165) is 11.6 Å². The van der Waals surface area contributed by atoms with Crippen LogP contribution in [0.1, 0.15) is 32.8 Å². The largest absolute Gasteiger partial charge is 0.469 e. The molecular formula is C21H28N2O8. The number of rotatable bonds is 9. The van der Waals surface area contributed by atoms with E-state index in [1.807, 2.05) is 6.07 Å². The maximum absolute atomic E-state index is 12.5. The summed E-state index contributed by atoms with van der Waals surface area (Å²) in [5, 5.41) is 14.0. The highest BCUT2D eigenvalue weighted by atomic mass is 16.6. The minimum atomic E-state index is -1.41. The van der Waals surface area contributed by atoms with Crippen molar-refractivity contribution in [3.05, 3.63) is 47.7 Å². The molecule has 1 rings (SSSR count). The van der Waals surface area contributed by atoms with Gasteiger partial charge in [0.05, 0.1) is 20.1 Å². The second kappa shape index (κ2) is 12.3. The molecule has 170 valence electrons. The zero-order valence-corrected chi connectivity index (χ0v) is 18.0. The summed E-state index contributed by atoms with van der Waals surface area (Å²) in [4.78, 5) is 48.2. The number of alkyl carbamates (subject to hydrolysis) is 1. The maximum Gasteiger partial charge on any atom is 0.408 e. The Morgan fingerprint density at radius 3 is 2.32 bits per heavy atom. The molecule has 0 spiro atoms. The predicted molar refractivity (Wildman–Crippen MR) is 109 cm³/mol. The third-order valence-electron chi connectivity index (χ3n) is 3.58. The Labute approximate surface area is 180 Å². The molecule has 3 N–H and O–H groups in total. The van der Waals surface area contributed by atoms with Gasteiger partial charge in [0.2, 0.25) is 5.91 Å². The van der Waals surface area contributed by atoms with Gasteiger partial charge in [0.1, 0.15) is 23.9 Å². The highest BCUT2D eigenvalue weighted by molar-refractivity contribution is 5.96. The van der Waals surface area contributed by atoms with E-state index in [2.05, 4.69) is 15.4 Å². The van der Waals surface area contributed by atoms with E-state index in [1.54, 1.807) is 45.0 Å². The van der Waals surface area contributed by atoms with Crippen molar-refractivity contribution in [2.75, 3.05) is 13.7 Å². The maximum atomic E-state index is 12.5. The van der Waals surface area contributed by atoms with Crippen LogP contribution in [0.4, 0.5) is 4.79 Å². The number of carbonyl (C=O) groups excluding carboxylic acids is 4. The van der Waals surface area contributed by atoms with E-state index < -0.39 is 42.2 Å². The van der Waals surface area contributed by atoms with Crippen molar-refractivity contribution in [1.82, 2.24) is 10.6 Å². The van der Waals surface area contributed by atoms with Crippen LogP contribution in [0.2, 0.25) is 0 Å². The molecule has 10 heteroatoms. The van der Waals surface area contributed by atoms with Crippen molar-refractivity contribution in [3.8, 4) is 0 Å². The van der Waals surface area contributed by atoms with Gasteiger partial charge < -0.3 is 30.0 Å². The first-order valence-electron chi connectivity index (χ1n) is 9.45. The average molecular weight is 436 g/mol. The van der Waals surface area contributed by atoms with Crippen molar-refractivity contribution >= 4 is 23.9 Å². The fraction of sp³-hybridized carbons (Fsp3) is 0.429. The zero-order valence-electron chi connectivity index (χ0n) is 18.0. The van der Waals surface area contributed by atoms with Gasteiger partial charge in [-0.2, -0.15) is 0 Å². The summed E-state index contributed by atoms with van der Waals surface area (Å²) < 4.78 is 14.7. The molecule has 0 saturated heterocycles. The minimum absolute atomic E-state index is 0.0331. The lowest BCUT2D eigenvalue weighted by Gasteiger charge is -2.22. The van der Waals surface area contributed by atoms with Crippen LogP contribution < -0.4 is 10.6 Å². The highest BCUT2D eigenvalue weighted by Crippen LogP contribution is 2.11. The number of methoxy groups -OCH3 is 1. The third kappa shape index (κ3) is 10.3. The fourth-order valence-electron chi connectivity index (χ4n) is 2.11. The number of aliphatic hydroxyl groups is 1. The van der Waals surface area contributed by atoms with Crippen LogP contribution in [0.15, 0.2) is 42.1 Å². The molecule has 1 aromatic rings. The van der Waals surface area contributed by atoms with Crippen LogP contribution in [0.3, 0.4) is 0 Å². The Bertz CT molecular complexity index is 799. The van der Waals surface area contributed by atoms with Crippen molar-refractivity contribution in [2.24, 2.45) is 0 Å². The lowest BCUT2D eigenvalue weighted by molar-refractivity contribution is -0.151. The first kappa shape index (κ1) is 25.6. The second-order valence-corrected chi connectivity index (χ2v) is 7.33. The topological polar surface area (TPSA) is 140 Å². The standard InChI is InChI=1S/C21H28N2O8/c1-21(2,3)31-19(27)15(10-11-17(25)29-4)22-18(26)16(12-24)23-20(28)30-13-14-8-6-5-7-9-14/h5-10,16,24H,11-13H2,1-4H3,(H,22,26)(H,23,28)/b15-10-/t16-/m0/s1. The molecule has 2 amide bonds. The molecule has 0 aliphatic carbocycles.